The molecule has 1 heterocycles. The molecule has 1 aliphatic heterocycles. The molecule has 0 aromatic rings. The van der Waals surface area contributed by atoms with Gasteiger partial charge in [-0.15, -0.1) is 12.4 Å². The standard InChI is InChI=1S/C16H28F3N3O.ClH/c17-16(18,19)14(22-10-8-20-9-11-22)12-21-15(23)13-6-4-2-1-3-5-7-13;/h13-14,20H,1-12H2,(H,21,23);1H. The molecule has 0 aromatic heterocycles. The number of hydrogen-bond acceptors (Lipinski definition) is 3. The Bertz CT molecular complexity index is 368. The predicted octanol–water partition coefficient (Wildman–Crippen LogP) is 2.72. The smallest absolute Gasteiger partial charge is 0.354 e. The highest BCUT2D eigenvalue weighted by atomic mass is 35.5. The summed E-state index contributed by atoms with van der Waals surface area (Å²) >= 11 is 0. The fourth-order valence-corrected chi connectivity index (χ4v) is 3.51. The fourth-order valence-electron chi connectivity index (χ4n) is 3.51. The van der Waals surface area contributed by atoms with Crippen LogP contribution in [0.2, 0.25) is 0 Å². The second-order valence-corrected chi connectivity index (χ2v) is 6.63. The summed E-state index contributed by atoms with van der Waals surface area (Å²) in [6.45, 7) is 1.51. The Balaban J connectivity index is 0.00000288. The molecule has 8 heteroatoms. The second kappa shape index (κ2) is 10.5. The fraction of sp³-hybridized carbons (Fsp3) is 0.938. The van der Waals surface area contributed by atoms with Crippen LogP contribution in [-0.2, 0) is 4.79 Å². The third-order valence-corrected chi connectivity index (χ3v) is 4.92. The van der Waals surface area contributed by atoms with E-state index < -0.39 is 12.2 Å². The first kappa shape index (κ1) is 21.5. The molecule has 0 aromatic carbocycles. The molecule has 4 nitrogen and oxygen atoms in total. The Kier molecular flexibility index (Phi) is 9.37. The lowest BCUT2D eigenvalue weighted by Gasteiger charge is -2.36. The van der Waals surface area contributed by atoms with Gasteiger partial charge in [0.1, 0.15) is 6.04 Å². The van der Waals surface area contributed by atoms with E-state index in [1.807, 2.05) is 0 Å². The highest BCUT2D eigenvalue weighted by molar-refractivity contribution is 5.85. The first-order valence-electron chi connectivity index (χ1n) is 8.77. The zero-order valence-corrected chi connectivity index (χ0v) is 14.9. The van der Waals surface area contributed by atoms with Crippen molar-refractivity contribution in [3.8, 4) is 0 Å². The molecule has 1 saturated heterocycles. The van der Waals surface area contributed by atoms with E-state index in [1.165, 1.54) is 11.3 Å². The van der Waals surface area contributed by atoms with Crippen LogP contribution in [0.15, 0.2) is 0 Å². The number of piperazine rings is 1. The molecule has 142 valence electrons. The third kappa shape index (κ3) is 6.76. The summed E-state index contributed by atoms with van der Waals surface area (Å²) in [6.07, 6.45) is 2.73. The number of alkyl halides is 3. The molecule has 0 bridgehead atoms. The Morgan fingerprint density at radius 1 is 1.08 bits per heavy atom. The third-order valence-electron chi connectivity index (χ3n) is 4.92. The number of amides is 1. The minimum absolute atomic E-state index is 0. The topological polar surface area (TPSA) is 44.4 Å². The van der Waals surface area contributed by atoms with Crippen molar-refractivity contribution in [1.29, 1.82) is 0 Å². The van der Waals surface area contributed by atoms with E-state index in [0.29, 0.717) is 26.2 Å². The Hall–Kier alpha value is -0.530. The summed E-state index contributed by atoms with van der Waals surface area (Å²) in [5, 5.41) is 5.64. The van der Waals surface area contributed by atoms with E-state index >= 15 is 0 Å². The molecule has 1 unspecified atom stereocenters. The first-order chi connectivity index (χ1) is 11.0. The van der Waals surface area contributed by atoms with Crippen LogP contribution in [0.3, 0.4) is 0 Å². The summed E-state index contributed by atoms with van der Waals surface area (Å²) in [6, 6.07) is -1.58. The average molecular weight is 372 g/mol. The van der Waals surface area contributed by atoms with Gasteiger partial charge in [0.15, 0.2) is 0 Å². The van der Waals surface area contributed by atoms with Crippen LogP contribution in [0, 0.1) is 5.92 Å². The Morgan fingerprint density at radius 3 is 2.17 bits per heavy atom. The van der Waals surface area contributed by atoms with E-state index in [-0.39, 0.29) is 30.8 Å². The van der Waals surface area contributed by atoms with E-state index in [9.17, 15) is 18.0 Å². The number of nitrogens with zero attached hydrogens (tertiary/aromatic N) is 1. The van der Waals surface area contributed by atoms with Crippen molar-refractivity contribution in [1.82, 2.24) is 15.5 Å². The van der Waals surface area contributed by atoms with E-state index in [4.69, 9.17) is 0 Å². The van der Waals surface area contributed by atoms with Gasteiger partial charge < -0.3 is 10.6 Å². The second-order valence-electron chi connectivity index (χ2n) is 6.63. The summed E-state index contributed by atoms with van der Waals surface area (Å²) in [4.78, 5) is 13.7. The predicted molar refractivity (Wildman–Crippen MR) is 90.4 cm³/mol. The molecule has 0 spiro atoms. The van der Waals surface area contributed by atoms with E-state index in [1.54, 1.807) is 0 Å². The number of nitrogens with one attached hydrogen (secondary N) is 2. The zero-order valence-electron chi connectivity index (χ0n) is 14.0. The molecule has 2 rings (SSSR count). The monoisotopic (exact) mass is 371 g/mol. The first-order valence-corrected chi connectivity index (χ1v) is 8.77. The van der Waals surface area contributed by atoms with Crippen molar-refractivity contribution < 1.29 is 18.0 Å². The van der Waals surface area contributed by atoms with Crippen LogP contribution in [0.1, 0.15) is 44.9 Å². The van der Waals surface area contributed by atoms with Crippen molar-refractivity contribution in [3.05, 3.63) is 0 Å². The van der Waals surface area contributed by atoms with Crippen molar-refractivity contribution in [2.45, 2.75) is 57.2 Å². The molecule has 24 heavy (non-hydrogen) atoms. The Labute approximate surface area is 148 Å². The van der Waals surface area contributed by atoms with E-state index in [2.05, 4.69) is 10.6 Å². The molecule has 1 saturated carbocycles. The summed E-state index contributed by atoms with van der Waals surface area (Å²) in [7, 11) is 0. The average Bonchev–Trinajstić information content (AvgIpc) is 2.46. The summed E-state index contributed by atoms with van der Waals surface area (Å²) < 4.78 is 39.9. The normalized spacial score (nSPS) is 22.8. The van der Waals surface area contributed by atoms with Gasteiger partial charge >= 0.3 is 6.18 Å². The van der Waals surface area contributed by atoms with Gasteiger partial charge in [-0.25, -0.2) is 0 Å². The number of carbonyl (C=O) groups is 1. The zero-order chi connectivity index (χ0) is 16.7. The van der Waals surface area contributed by atoms with Crippen molar-refractivity contribution in [3.63, 3.8) is 0 Å². The number of halogens is 4. The van der Waals surface area contributed by atoms with Gasteiger partial charge in [-0.05, 0) is 12.8 Å². The molecule has 1 aliphatic carbocycles. The maximum atomic E-state index is 13.3. The minimum Gasteiger partial charge on any atom is -0.354 e. The number of hydrogen-bond donors (Lipinski definition) is 2. The summed E-state index contributed by atoms with van der Waals surface area (Å²) in [5.41, 5.74) is 0. The van der Waals surface area contributed by atoms with Gasteiger partial charge in [0.2, 0.25) is 5.91 Å². The molecular weight excluding hydrogens is 343 g/mol. The van der Waals surface area contributed by atoms with Crippen molar-refractivity contribution >= 4 is 18.3 Å². The molecule has 2 aliphatic rings. The highest BCUT2D eigenvalue weighted by Crippen LogP contribution is 2.26. The van der Waals surface area contributed by atoms with Gasteiger partial charge in [0.25, 0.3) is 0 Å². The molecule has 1 amide bonds. The molecule has 1 atom stereocenters. The molecular formula is C16H29ClF3N3O. The quantitative estimate of drug-likeness (QED) is 0.798. The highest BCUT2D eigenvalue weighted by Gasteiger charge is 2.44. The lowest BCUT2D eigenvalue weighted by molar-refractivity contribution is -0.184. The molecule has 2 fully saturated rings. The maximum absolute atomic E-state index is 13.3. The lowest BCUT2D eigenvalue weighted by Crippen LogP contribution is -2.57. The van der Waals surface area contributed by atoms with Crippen LogP contribution in [0.25, 0.3) is 0 Å². The van der Waals surface area contributed by atoms with E-state index in [0.717, 1.165) is 38.5 Å². The van der Waals surface area contributed by atoms with Gasteiger partial charge in [-0.1, -0.05) is 32.1 Å². The van der Waals surface area contributed by atoms with Crippen molar-refractivity contribution in [2.75, 3.05) is 32.7 Å². The van der Waals surface area contributed by atoms with Gasteiger partial charge in [-0.3, -0.25) is 9.69 Å². The summed E-state index contributed by atoms with van der Waals surface area (Å²) in [5.74, 6) is -0.316. The van der Waals surface area contributed by atoms with Crippen LogP contribution < -0.4 is 10.6 Å². The maximum Gasteiger partial charge on any atom is 0.405 e. The van der Waals surface area contributed by atoms with Gasteiger partial charge in [0, 0.05) is 38.6 Å². The van der Waals surface area contributed by atoms with Crippen LogP contribution in [0.4, 0.5) is 13.2 Å². The molecule has 2 N–H and O–H groups in total. The SMILES string of the molecule is Cl.O=C(NCC(N1CCNCC1)C(F)(F)F)C1CCCCCCC1. The lowest BCUT2D eigenvalue weighted by atomic mass is 9.90. The molecule has 0 radical (unpaired) electrons. The number of carbonyl (C=O) groups excluding carboxylic acids is 1. The van der Waals surface area contributed by atoms with Gasteiger partial charge in [0.05, 0.1) is 0 Å². The number of rotatable bonds is 4. The van der Waals surface area contributed by atoms with Crippen LogP contribution >= 0.6 is 12.4 Å². The van der Waals surface area contributed by atoms with Gasteiger partial charge in [-0.2, -0.15) is 13.2 Å². The van der Waals surface area contributed by atoms with Crippen LogP contribution in [-0.4, -0.2) is 55.7 Å². The largest absolute Gasteiger partial charge is 0.405 e. The Morgan fingerprint density at radius 2 is 1.62 bits per heavy atom. The van der Waals surface area contributed by atoms with Crippen molar-refractivity contribution in [2.24, 2.45) is 5.92 Å². The van der Waals surface area contributed by atoms with Crippen LogP contribution in [0.5, 0.6) is 0 Å². The minimum atomic E-state index is -4.31.